The van der Waals surface area contributed by atoms with Gasteiger partial charge in [-0.3, -0.25) is 25.1 Å². The number of ether oxygens (including phenoxy) is 1. The van der Waals surface area contributed by atoms with Gasteiger partial charge in [0.05, 0.1) is 28.0 Å². The second-order valence-electron chi connectivity index (χ2n) is 9.04. The molecular formula is C26H20N4O8S. The maximum absolute atomic E-state index is 13.4. The van der Waals surface area contributed by atoms with Crippen molar-refractivity contribution in [1.82, 2.24) is 4.98 Å². The van der Waals surface area contributed by atoms with E-state index in [-0.39, 0.29) is 51.1 Å². The lowest BCUT2D eigenvalue weighted by Crippen LogP contribution is -2.38. The maximum Gasteiger partial charge on any atom is 0.269 e. The number of Topliss-reactive ketones (excluding diaryl/α,β-unsaturated/α-hetero) is 2. The molecule has 0 unspecified atom stereocenters. The van der Waals surface area contributed by atoms with Crippen LogP contribution in [0.3, 0.4) is 0 Å². The Balaban J connectivity index is 1.51. The van der Waals surface area contributed by atoms with Crippen molar-refractivity contribution < 1.29 is 34.6 Å². The molecule has 3 aromatic rings. The number of nitro benzene ring substituents is 1. The van der Waals surface area contributed by atoms with Crippen LogP contribution < -0.4 is 10.2 Å². The summed E-state index contributed by atoms with van der Waals surface area (Å²) in [7, 11) is 0. The fraction of sp³-hybridized carbons (Fsp3) is 0.154. The maximum atomic E-state index is 13.4. The smallest absolute Gasteiger partial charge is 0.269 e. The number of hydrazone groups is 1. The van der Waals surface area contributed by atoms with Gasteiger partial charge in [0.1, 0.15) is 39.8 Å². The van der Waals surface area contributed by atoms with Crippen LogP contribution in [0.5, 0.6) is 17.2 Å². The van der Waals surface area contributed by atoms with Crippen molar-refractivity contribution in [3.05, 3.63) is 79.6 Å². The number of fused-ring (bicyclic) bond motifs is 3. The first kappa shape index (κ1) is 25.6. The largest absolute Gasteiger partial charge is 0.507 e. The summed E-state index contributed by atoms with van der Waals surface area (Å²) >= 11 is 1.15. The number of hydrogen-bond donors (Lipinski definition) is 4. The predicted molar refractivity (Wildman–Crippen MR) is 141 cm³/mol. The highest BCUT2D eigenvalue weighted by Crippen LogP contribution is 2.60. The fourth-order valence-electron chi connectivity index (χ4n) is 4.55. The van der Waals surface area contributed by atoms with Crippen molar-refractivity contribution in [2.24, 2.45) is 5.10 Å². The Bertz CT molecular complexity index is 1690. The van der Waals surface area contributed by atoms with Gasteiger partial charge < -0.3 is 20.1 Å². The number of anilines is 1. The number of carbonyl (C=O) groups excluding carboxylic acids is 2. The second-order valence-corrected chi connectivity index (χ2v) is 9.90. The Morgan fingerprint density at radius 3 is 2.56 bits per heavy atom. The lowest BCUT2D eigenvalue weighted by Gasteiger charge is -2.28. The number of thiazole rings is 1. The molecule has 1 aliphatic carbocycles. The van der Waals surface area contributed by atoms with Gasteiger partial charge in [0.2, 0.25) is 5.13 Å². The summed E-state index contributed by atoms with van der Waals surface area (Å²) in [5, 5.41) is 49.1. The van der Waals surface area contributed by atoms with Gasteiger partial charge in [-0.05, 0) is 38.5 Å². The SMILES string of the molecule is CC(=O)C1=C(O)C=C2Oc3c(-c4csc(N/N=C/c5ccc([N+](=O)[O-])cc5)n4)c(O)c(C)c(O)c3[C@@]2(C)C1=O. The lowest BCUT2D eigenvalue weighted by molar-refractivity contribution is -0.384. The summed E-state index contributed by atoms with van der Waals surface area (Å²) in [5.74, 6) is -2.65. The number of aliphatic hydroxyl groups excluding tert-OH is 1. The number of hydrogen-bond acceptors (Lipinski definition) is 12. The Kier molecular flexibility index (Phi) is 5.95. The standard InChI is InChI=1S/C26H20N4O8S/c1-11-21(33)19(15-10-39-25(28-15)29-27-9-13-4-6-14(7-5-13)30(36)37)23-20(22(11)34)26(3)17(38-23)8-16(32)18(12(2)31)24(26)35/h4-10,32-34H,1-3H3,(H,28,29)/b27-9+/t26-/m0/s1. The Hall–Kier alpha value is -5.04. The van der Waals surface area contributed by atoms with E-state index < -0.39 is 33.2 Å². The van der Waals surface area contributed by atoms with Gasteiger partial charge in [-0.25, -0.2) is 4.98 Å². The number of phenolic OH excluding ortho intramolecular Hbond substituents is 2. The second kappa shape index (κ2) is 9.06. The zero-order valence-electron chi connectivity index (χ0n) is 20.7. The normalized spacial score (nSPS) is 18.0. The quantitative estimate of drug-likeness (QED) is 0.149. The first-order valence-electron chi connectivity index (χ1n) is 11.4. The number of phenols is 2. The molecule has 198 valence electrons. The van der Waals surface area contributed by atoms with E-state index in [4.69, 9.17) is 4.74 Å². The number of nitrogens with one attached hydrogen (secondary N) is 1. The molecule has 39 heavy (non-hydrogen) atoms. The molecular weight excluding hydrogens is 528 g/mol. The van der Waals surface area contributed by atoms with E-state index >= 15 is 0 Å². The number of nitro groups is 1. The topological polar surface area (TPSA) is 184 Å². The molecule has 5 rings (SSSR count). The van der Waals surface area contributed by atoms with E-state index in [1.54, 1.807) is 5.38 Å². The molecule has 13 heteroatoms. The number of rotatable bonds is 6. The van der Waals surface area contributed by atoms with Crippen LogP contribution in [0.1, 0.15) is 30.5 Å². The number of allylic oxidation sites excluding steroid dienone is 3. The van der Waals surface area contributed by atoms with Crippen LogP contribution in [-0.2, 0) is 15.0 Å². The van der Waals surface area contributed by atoms with Crippen molar-refractivity contribution in [2.75, 3.05) is 5.43 Å². The summed E-state index contributed by atoms with van der Waals surface area (Å²) in [6.07, 6.45) is 2.61. The highest BCUT2D eigenvalue weighted by Gasteiger charge is 2.55. The molecule has 0 spiro atoms. The number of carbonyl (C=O) groups is 2. The van der Waals surface area contributed by atoms with Gasteiger partial charge in [0, 0.05) is 29.2 Å². The minimum absolute atomic E-state index is 0.00664. The monoisotopic (exact) mass is 548 g/mol. The number of aromatic hydroxyl groups is 2. The van der Waals surface area contributed by atoms with E-state index in [1.165, 1.54) is 44.3 Å². The lowest BCUT2D eigenvalue weighted by atomic mass is 9.71. The summed E-state index contributed by atoms with van der Waals surface area (Å²) < 4.78 is 5.94. The van der Waals surface area contributed by atoms with Crippen LogP contribution in [-0.4, -0.2) is 43.0 Å². The average molecular weight is 549 g/mol. The van der Waals surface area contributed by atoms with Crippen LogP contribution in [0, 0.1) is 17.0 Å². The highest BCUT2D eigenvalue weighted by atomic mass is 32.1. The van der Waals surface area contributed by atoms with E-state index in [1.807, 2.05) is 0 Å². The molecule has 1 aromatic heterocycles. The molecule has 1 aliphatic heterocycles. The van der Waals surface area contributed by atoms with Gasteiger partial charge in [-0.2, -0.15) is 5.10 Å². The number of ketones is 2. The Labute approximate surface area is 224 Å². The van der Waals surface area contributed by atoms with Crippen LogP contribution in [0.15, 0.2) is 57.9 Å². The molecule has 2 heterocycles. The number of aromatic nitrogens is 1. The van der Waals surface area contributed by atoms with Gasteiger partial charge in [-0.1, -0.05) is 0 Å². The minimum atomic E-state index is -1.62. The van der Waals surface area contributed by atoms with E-state index in [0.29, 0.717) is 10.7 Å². The molecule has 4 N–H and O–H groups in total. The van der Waals surface area contributed by atoms with Crippen molar-refractivity contribution in [3.63, 3.8) is 0 Å². The summed E-state index contributed by atoms with van der Waals surface area (Å²) in [4.78, 5) is 40.3. The highest BCUT2D eigenvalue weighted by molar-refractivity contribution is 7.14. The molecule has 0 saturated heterocycles. The van der Waals surface area contributed by atoms with E-state index in [9.17, 15) is 35.0 Å². The van der Waals surface area contributed by atoms with Crippen LogP contribution in [0.25, 0.3) is 11.3 Å². The van der Waals surface area contributed by atoms with E-state index in [2.05, 4.69) is 15.5 Å². The zero-order valence-corrected chi connectivity index (χ0v) is 21.5. The molecule has 2 aromatic carbocycles. The molecule has 0 radical (unpaired) electrons. The predicted octanol–water partition coefficient (Wildman–Crippen LogP) is 4.40. The van der Waals surface area contributed by atoms with Gasteiger partial charge in [-0.15, -0.1) is 11.3 Å². The molecule has 0 fully saturated rings. The summed E-state index contributed by atoms with van der Waals surface area (Å²) in [6.45, 7) is 4.10. The average Bonchev–Trinajstić information content (AvgIpc) is 3.46. The molecule has 0 bridgehead atoms. The third kappa shape index (κ3) is 3.90. The van der Waals surface area contributed by atoms with E-state index in [0.717, 1.165) is 24.3 Å². The number of benzene rings is 2. The molecule has 0 amide bonds. The number of aliphatic hydroxyl groups is 1. The van der Waals surface area contributed by atoms with Crippen molar-refractivity contribution in [1.29, 1.82) is 0 Å². The number of non-ortho nitro benzene ring substituents is 1. The van der Waals surface area contributed by atoms with Crippen LogP contribution in [0.4, 0.5) is 10.8 Å². The molecule has 12 nitrogen and oxygen atoms in total. The van der Waals surface area contributed by atoms with Crippen LogP contribution >= 0.6 is 11.3 Å². The zero-order chi connectivity index (χ0) is 28.2. The summed E-state index contributed by atoms with van der Waals surface area (Å²) in [5.41, 5.74) is 1.78. The van der Waals surface area contributed by atoms with Gasteiger partial charge in [0.25, 0.3) is 5.69 Å². The minimum Gasteiger partial charge on any atom is -0.507 e. The molecule has 1 atom stereocenters. The van der Waals surface area contributed by atoms with Crippen molar-refractivity contribution >= 4 is 39.9 Å². The van der Waals surface area contributed by atoms with Gasteiger partial charge >= 0.3 is 0 Å². The molecule has 0 saturated carbocycles. The van der Waals surface area contributed by atoms with Crippen LogP contribution in [0.2, 0.25) is 0 Å². The fourth-order valence-corrected chi connectivity index (χ4v) is 5.20. The first-order valence-corrected chi connectivity index (χ1v) is 12.3. The Morgan fingerprint density at radius 2 is 1.92 bits per heavy atom. The van der Waals surface area contributed by atoms with Gasteiger partial charge in [0.15, 0.2) is 11.6 Å². The Morgan fingerprint density at radius 1 is 1.23 bits per heavy atom. The summed E-state index contributed by atoms with van der Waals surface area (Å²) in [6, 6.07) is 5.78. The molecule has 2 aliphatic rings. The first-order chi connectivity index (χ1) is 18.4. The third-order valence-corrected chi connectivity index (χ3v) is 7.39. The van der Waals surface area contributed by atoms with Crippen molar-refractivity contribution in [3.8, 4) is 28.5 Å². The van der Waals surface area contributed by atoms with Crippen molar-refractivity contribution in [2.45, 2.75) is 26.2 Å². The third-order valence-electron chi connectivity index (χ3n) is 6.64. The number of nitrogens with zero attached hydrogens (tertiary/aromatic N) is 3.